The number of thiazole rings is 1. The molecule has 0 saturated heterocycles. The fourth-order valence-corrected chi connectivity index (χ4v) is 3.22. The summed E-state index contributed by atoms with van der Waals surface area (Å²) in [6, 6.07) is 12.6. The number of aryl methyl sites for hydroxylation is 2. The van der Waals surface area contributed by atoms with Gasteiger partial charge in [0.1, 0.15) is 5.69 Å². The van der Waals surface area contributed by atoms with Crippen molar-refractivity contribution < 1.29 is 4.79 Å². The number of carbonyl (C=O) groups excluding carboxylic acids is 1. The Bertz CT molecular complexity index is 934. The highest BCUT2D eigenvalue weighted by Crippen LogP contribution is 2.18. The van der Waals surface area contributed by atoms with Gasteiger partial charge in [-0.15, -0.1) is 11.3 Å². The van der Waals surface area contributed by atoms with Gasteiger partial charge in [-0.1, -0.05) is 30.3 Å². The van der Waals surface area contributed by atoms with Crippen molar-refractivity contribution >= 4 is 17.2 Å². The highest BCUT2D eigenvalue weighted by atomic mass is 32.1. The Hall–Kier alpha value is -2.80. The molecule has 2 aromatic heterocycles. The third kappa shape index (κ3) is 4.00. The molecule has 6 nitrogen and oxygen atoms in total. The van der Waals surface area contributed by atoms with E-state index in [2.05, 4.69) is 10.1 Å². The van der Waals surface area contributed by atoms with Crippen LogP contribution in [0.1, 0.15) is 26.6 Å². The molecule has 128 valence electrons. The smallest absolute Gasteiger partial charge is 0.274 e. The van der Waals surface area contributed by atoms with Crippen LogP contribution in [0.2, 0.25) is 0 Å². The highest BCUT2D eigenvalue weighted by molar-refractivity contribution is 7.09. The molecular formula is C18H18N4O2S. The standard InChI is InChI=1S/C18H18N4O2S/c1-13-16(25-12-19-13)11-22(10-14-6-4-3-5-7-14)18(24)15-8-9-17(23)21(2)20-15/h3-9,12H,10-11H2,1-2H3. The summed E-state index contributed by atoms with van der Waals surface area (Å²) >= 11 is 1.53. The number of rotatable bonds is 5. The van der Waals surface area contributed by atoms with Crippen LogP contribution in [0.3, 0.4) is 0 Å². The molecule has 0 atom stereocenters. The maximum atomic E-state index is 13.0. The third-order valence-electron chi connectivity index (χ3n) is 3.86. The van der Waals surface area contributed by atoms with Crippen LogP contribution in [0.15, 0.2) is 52.8 Å². The second-order valence-corrected chi connectivity index (χ2v) is 6.63. The highest BCUT2D eigenvalue weighted by Gasteiger charge is 2.20. The van der Waals surface area contributed by atoms with Crippen LogP contribution in [0.25, 0.3) is 0 Å². The molecule has 1 amide bonds. The summed E-state index contributed by atoms with van der Waals surface area (Å²) in [6.45, 7) is 2.85. The van der Waals surface area contributed by atoms with Crippen LogP contribution in [0.4, 0.5) is 0 Å². The summed E-state index contributed by atoms with van der Waals surface area (Å²) in [4.78, 5) is 31.5. The second-order valence-electron chi connectivity index (χ2n) is 5.69. The molecule has 0 bridgehead atoms. The molecule has 0 spiro atoms. The van der Waals surface area contributed by atoms with Crippen molar-refractivity contribution in [2.75, 3.05) is 0 Å². The fourth-order valence-electron chi connectivity index (χ4n) is 2.43. The zero-order chi connectivity index (χ0) is 17.8. The van der Waals surface area contributed by atoms with E-state index in [1.54, 1.807) is 10.4 Å². The minimum Gasteiger partial charge on any atom is -0.328 e. The van der Waals surface area contributed by atoms with Crippen LogP contribution in [0.5, 0.6) is 0 Å². The number of hydrogen-bond acceptors (Lipinski definition) is 5. The summed E-state index contributed by atoms with van der Waals surface area (Å²) in [7, 11) is 1.54. The van der Waals surface area contributed by atoms with E-state index in [-0.39, 0.29) is 17.2 Å². The lowest BCUT2D eigenvalue weighted by molar-refractivity contribution is 0.0723. The zero-order valence-corrected chi connectivity index (χ0v) is 14.9. The largest absolute Gasteiger partial charge is 0.328 e. The van der Waals surface area contributed by atoms with E-state index < -0.39 is 0 Å². The summed E-state index contributed by atoms with van der Waals surface area (Å²) in [6.07, 6.45) is 0. The molecule has 0 fully saturated rings. The van der Waals surface area contributed by atoms with Gasteiger partial charge in [0.15, 0.2) is 0 Å². The topological polar surface area (TPSA) is 68.1 Å². The van der Waals surface area contributed by atoms with Crippen LogP contribution in [-0.2, 0) is 20.1 Å². The van der Waals surface area contributed by atoms with Gasteiger partial charge in [-0.3, -0.25) is 9.59 Å². The molecule has 0 saturated carbocycles. The Morgan fingerprint density at radius 2 is 1.92 bits per heavy atom. The molecule has 0 aliphatic carbocycles. The Morgan fingerprint density at radius 3 is 2.56 bits per heavy atom. The first-order valence-electron chi connectivity index (χ1n) is 7.81. The van der Waals surface area contributed by atoms with Crippen molar-refractivity contribution in [3.8, 4) is 0 Å². The molecule has 2 heterocycles. The molecule has 0 aliphatic rings. The summed E-state index contributed by atoms with van der Waals surface area (Å²) in [5, 5.41) is 4.09. The van der Waals surface area contributed by atoms with Gasteiger partial charge in [-0.05, 0) is 18.6 Å². The maximum absolute atomic E-state index is 13.0. The quantitative estimate of drug-likeness (QED) is 0.705. The molecule has 3 rings (SSSR count). The number of amides is 1. The lowest BCUT2D eigenvalue weighted by Crippen LogP contribution is -2.32. The van der Waals surface area contributed by atoms with E-state index >= 15 is 0 Å². The van der Waals surface area contributed by atoms with Gasteiger partial charge in [0.2, 0.25) is 0 Å². The first kappa shape index (κ1) is 17.0. The molecule has 0 N–H and O–H groups in total. The van der Waals surface area contributed by atoms with Gasteiger partial charge in [-0.25, -0.2) is 9.67 Å². The SMILES string of the molecule is Cc1ncsc1CN(Cc1ccccc1)C(=O)c1ccc(=O)n(C)n1. The van der Waals surface area contributed by atoms with Gasteiger partial charge in [0.05, 0.1) is 17.7 Å². The number of benzene rings is 1. The average Bonchev–Trinajstić information content (AvgIpc) is 3.02. The van der Waals surface area contributed by atoms with E-state index in [9.17, 15) is 9.59 Å². The van der Waals surface area contributed by atoms with Crippen LogP contribution in [0, 0.1) is 6.92 Å². The Labute approximate surface area is 149 Å². The van der Waals surface area contributed by atoms with Gasteiger partial charge in [-0.2, -0.15) is 5.10 Å². The minimum absolute atomic E-state index is 0.216. The summed E-state index contributed by atoms with van der Waals surface area (Å²) < 4.78 is 1.17. The van der Waals surface area contributed by atoms with Gasteiger partial charge < -0.3 is 4.90 Å². The Morgan fingerprint density at radius 1 is 1.16 bits per heavy atom. The molecule has 1 aromatic carbocycles. The van der Waals surface area contributed by atoms with Crippen molar-refractivity contribution in [3.05, 3.63) is 80.2 Å². The van der Waals surface area contributed by atoms with Crippen molar-refractivity contribution in [2.24, 2.45) is 7.05 Å². The van der Waals surface area contributed by atoms with Crippen molar-refractivity contribution in [1.29, 1.82) is 0 Å². The predicted molar refractivity (Wildman–Crippen MR) is 96.3 cm³/mol. The third-order valence-corrected chi connectivity index (χ3v) is 4.78. The average molecular weight is 354 g/mol. The molecule has 0 unspecified atom stereocenters. The number of carbonyl (C=O) groups is 1. The van der Waals surface area contributed by atoms with E-state index in [4.69, 9.17) is 0 Å². The normalized spacial score (nSPS) is 10.6. The fraction of sp³-hybridized carbons (Fsp3) is 0.222. The van der Waals surface area contributed by atoms with Crippen LogP contribution < -0.4 is 5.56 Å². The van der Waals surface area contributed by atoms with Gasteiger partial charge in [0, 0.05) is 24.5 Å². The van der Waals surface area contributed by atoms with Crippen molar-refractivity contribution in [3.63, 3.8) is 0 Å². The van der Waals surface area contributed by atoms with Crippen molar-refractivity contribution in [1.82, 2.24) is 19.7 Å². The first-order valence-corrected chi connectivity index (χ1v) is 8.69. The zero-order valence-electron chi connectivity index (χ0n) is 14.0. The van der Waals surface area contributed by atoms with Gasteiger partial charge in [0.25, 0.3) is 11.5 Å². The minimum atomic E-state index is -0.246. The maximum Gasteiger partial charge on any atom is 0.274 e. The molecule has 3 aromatic rings. The van der Waals surface area contributed by atoms with Crippen molar-refractivity contribution in [2.45, 2.75) is 20.0 Å². The van der Waals surface area contributed by atoms with Crippen LogP contribution in [-0.4, -0.2) is 25.6 Å². The van der Waals surface area contributed by atoms with E-state index in [1.165, 1.54) is 35.2 Å². The van der Waals surface area contributed by atoms with E-state index in [0.29, 0.717) is 13.1 Å². The second kappa shape index (κ2) is 7.40. The predicted octanol–water partition coefficient (Wildman–Crippen LogP) is 2.39. The molecule has 0 aliphatic heterocycles. The van der Waals surface area contributed by atoms with E-state index in [1.807, 2.05) is 37.3 Å². The molecule has 25 heavy (non-hydrogen) atoms. The Balaban J connectivity index is 1.91. The lowest BCUT2D eigenvalue weighted by atomic mass is 10.2. The molecule has 0 radical (unpaired) electrons. The Kier molecular flexibility index (Phi) is 5.04. The number of hydrogen-bond donors (Lipinski definition) is 0. The summed E-state index contributed by atoms with van der Waals surface area (Å²) in [5.74, 6) is -0.216. The lowest BCUT2D eigenvalue weighted by Gasteiger charge is -2.22. The monoisotopic (exact) mass is 354 g/mol. The van der Waals surface area contributed by atoms with E-state index in [0.717, 1.165) is 16.1 Å². The molecule has 7 heteroatoms. The molecular weight excluding hydrogens is 336 g/mol. The number of aromatic nitrogens is 3. The summed E-state index contributed by atoms with van der Waals surface area (Å²) in [5.41, 5.74) is 3.73. The first-order chi connectivity index (χ1) is 12.0. The van der Waals surface area contributed by atoms with Crippen LogP contribution >= 0.6 is 11.3 Å². The van der Waals surface area contributed by atoms with Gasteiger partial charge >= 0.3 is 0 Å². The number of nitrogens with zero attached hydrogens (tertiary/aromatic N) is 4.